The van der Waals surface area contributed by atoms with Gasteiger partial charge in [0.25, 0.3) is 0 Å². The van der Waals surface area contributed by atoms with E-state index in [1.54, 1.807) is 0 Å². The fourth-order valence-electron chi connectivity index (χ4n) is 2.60. The summed E-state index contributed by atoms with van der Waals surface area (Å²) in [7, 11) is 0. The molecule has 1 atom stereocenters. The maximum atomic E-state index is 4.42. The van der Waals surface area contributed by atoms with Gasteiger partial charge >= 0.3 is 0 Å². The lowest BCUT2D eigenvalue weighted by Gasteiger charge is -2.13. The Morgan fingerprint density at radius 1 is 1.33 bits per heavy atom. The smallest absolute Gasteiger partial charge is 0.0431 e. The van der Waals surface area contributed by atoms with Crippen molar-refractivity contribution in [3.8, 4) is 0 Å². The van der Waals surface area contributed by atoms with E-state index in [4.69, 9.17) is 0 Å². The first-order valence-corrected chi connectivity index (χ1v) is 6.27. The van der Waals surface area contributed by atoms with Crippen molar-refractivity contribution in [1.82, 2.24) is 4.98 Å². The van der Waals surface area contributed by atoms with Crippen molar-refractivity contribution >= 4 is 0 Å². The number of aromatic nitrogens is 1. The van der Waals surface area contributed by atoms with Crippen molar-refractivity contribution in [2.75, 3.05) is 0 Å². The zero-order chi connectivity index (χ0) is 10.5. The Bertz CT molecular complexity index is 275. The van der Waals surface area contributed by atoms with E-state index >= 15 is 0 Å². The summed E-state index contributed by atoms with van der Waals surface area (Å²) < 4.78 is 0. The van der Waals surface area contributed by atoms with Crippen LogP contribution in [0.25, 0.3) is 0 Å². The highest BCUT2D eigenvalue weighted by Crippen LogP contribution is 2.31. The minimum Gasteiger partial charge on any atom is -0.261 e. The van der Waals surface area contributed by atoms with Crippen molar-refractivity contribution in [3.63, 3.8) is 0 Å². The van der Waals surface area contributed by atoms with Crippen LogP contribution in [-0.4, -0.2) is 4.98 Å². The highest BCUT2D eigenvalue weighted by Gasteiger charge is 2.16. The van der Waals surface area contributed by atoms with Gasteiger partial charge in [0.15, 0.2) is 0 Å². The third-order valence-corrected chi connectivity index (χ3v) is 3.68. The fourth-order valence-corrected chi connectivity index (χ4v) is 2.60. The summed E-state index contributed by atoms with van der Waals surface area (Å²) in [5.74, 6) is 1.64. The number of hydrogen-bond acceptors (Lipinski definition) is 1. The minimum absolute atomic E-state index is 0.631. The van der Waals surface area contributed by atoms with Crippen molar-refractivity contribution in [2.45, 2.75) is 51.4 Å². The minimum atomic E-state index is 0.631. The quantitative estimate of drug-likeness (QED) is 0.716. The van der Waals surface area contributed by atoms with Gasteiger partial charge in [0, 0.05) is 11.9 Å². The lowest BCUT2D eigenvalue weighted by atomic mass is 9.94. The molecule has 82 valence electrons. The molecule has 1 heteroatoms. The topological polar surface area (TPSA) is 12.9 Å². The second kappa shape index (κ2) is 5.29. The van der Waals surface area contributed by atoms with E-state index in [0.717, 1.165) is 5.92 Å². The largest absolute Gasteiger partial charge is 0.261 e. The molecule has 0 N–H and O–H groups in total. The van der Waals surface area contributed by atoms with Crippen LogP contribution in [0.15, 0.2) is 24.4 Å². The van der Waals surface area contributed by atoms with Gasteiger partial charge in [0.1, 0.15) is 0 Å². The first-order valence-electron chi connectivity index (χ1n) is 6.27. The van der Waals surface area contributed by atoms with Gasteiger partial charge in [0.2, 0.25) is 0 Å². The van der Waals surface area contributed by atoms with E-state index in [0.29, 0.717) is 5.92 Å². The lowest BCUT2D eigenvalue weighted by Crippen LogP contribution is -2.00. The number of rotatable bonds is 4. The SMILES string of the molecule is CC(CCC1CCCC1)c1ccccn1. The second-order valence-electron chi connectivity index (χ2n) is 4.88. The first kappa shape index (κ1) is 10.7. The van der Waals surface area contributed by atoms with Gasteiger partial charge in [-0.1, -0.05) is 38.7 Å². The normalized spacial score (nSPS) is 19.3. The monoisotopic (exact) mass is 203 g/mol. The average Bonchev–Trinajstić information content (AvgIpc) is 2.80. The molecule has 1 heterocycles. The summed E-state index contributed by atoms with van der Waals surface area (Å²) >= 11 is 0. The summed E-state index contributed by atoms with van der Waals surface area (Å²) in [6.07, 6.45) is 10.5. The molecule has 0 bridgehead atoms. The molecule has 1 aliphatic carbocycles. The van der Waals surface area contributed by atoms with E-state index in [1.165, 1.54) is 44.2 Å². The van der Waals surface area contributed by atoms with Gasteiger partial charge in [-0.2, -0.15) is 0 Å². The van der Waals surface area contributed by atoms with Gasteiger partial charge in [0.05, 0.1) is 0 Å². The third-order valence-electron chi connectivity index (χ3n) is 3.68. The van der Waals surface area contributed by atoms with Crippen LogP contribution in [-0.2, 0) is 0 Å². The molecule has 0 spiro atoms. The molecule has 2 rings (SSSR count). The number of nitrogens with zero attached hydrogens (tertiary/aromatic N) is 1. The van der Waals surface area contributed by atoms with Crippen LogP contribution in [0.4, 0.5) is 0 Å². The maximum Gasteiger partial charge on any atom is 0.0431 e. The van der Waals surface area contributed by atoms with E-state index in [9.17, 15) is 0 Å². The summed E-state index contributed by atoms with van der Waals surface area (Å²) in [6.45, 7) is 2.30. The Morgan fingerprint density at radius 3 is 2.80 bits per heavy atom. The molecule has 0 aromatic carbocycles. The van der Waals surface area contributed by atoms with Gasteiger partial charge in [-0.25, -0.2) is 0 Å². The van der Waals surface area contributed by atoms with Gasteiger partial charge in [-0.3, -0.25) is 4.98 Å². The summed E-state index contributed by atoms with van der Waals surface area (Å²) in [6, 6.07) is 6.24. The molecule has 1 unspecified atom stereocenters. The summed E-state index contributed by atoms with van der Waals surface area (Å²) in [5.41, 5.74) is 1.26. The van der Waals surface area contributed by atoms with Gasteiger partial charge in [-0.15, -0.1) is 0 Å². The van der Waals surface area contributed by atoms with Gasteiger partial charge < -0.3 is 0 Å². The Hall–Kier alpha value is -0.850. The van der Waals surface area contributed by atoms with Crippen LogP contribution >= 0.6 is 0 Å². The zero-order valence-electron chi connectivity index (χ0n) is 9.65. The van der Waals surface area contributed by atoms with Gasteiger partial charge in [-0.05, 0) is 36.8 Å². The van der Waals surface area contributed by atoms with Crippen molar-refractivity contribution in [1.29, 1.82) is 0 Å². The van der Waals surface area contributed by atoms with Crippen LogP contribution in [0, 0.1) is 5.92 Å². The second-order valence-corrected chi connectivity index (χ2v) is 4.88. The Labute approximate surface area is 92.9 Å². The highest BCUT2D eigenvalue weighted by molar-refractivity contribution is 5.08. The fraction of sp³-hybridized carbons (Fsp3) is 0.643. The molecule has 1 nitrogen and oxygen atoms in total. The Kier molecular flexibility index (Phi) is 3.76. The van der Waals surface area contributed by atoms with Crippen molar-refractivity contribution in [3.05, 3.63) is 30.1 Å². The molecule has 1 aromatic heterocycles. The molecular weight excluding hydrogens is 182 g/mol. The predicted octanol–water partition coefficient (Wildman–Crippen LogP) is 4.16. The van der Waals surface area contributed by atoms with Crippen LogP contribution in [0.5, 0.6) is 0 Å². The summed E-state index contributed by atoms with van der Waals surface area (Å²) in [4.78, 5) is 4.42. The first-order chi connectivity index (χ1) is 7.36. The molecule has 1 aromatic rings. The Balaban J connectivity index is 1.79. The van der Waals surface area contributed by atoms with E-state index in [-0.39, 0.29) is 0 Å². The van der Waals surface area contributed by atoms with E-state index < -0.39 is 0 Å². The molecule has 0 aliphatic heterocycles. The lowest BCUT2D eigenvalue weighted by molar-refractivity contribution is 0.457. The maximum absolute atomic E-state index is 4.42. The number of pyridine rings is 1. The van der Waals surface area contributed by atoms with Crippen molar-refractivity contribution < 1.29 is 0 Å². The van der Waals surface area contributed by atoms with E-state index in [2.05, 4.69) is 24.0 Å². The molecule has 1 saturated carbocycles. The third kappa shape index (κ3) is 3.05. The molecule has 0 radical (unpaired) electrons. The number of hydrogen-bond donors (Lipinski definition) is 0. The zero-order valence-corrected chi connectivity index (χ0v) is 9.65. The molecule has 0 amide bonds. The molecule has 1 aliphatic rings. The van der Waals surface area contributed by atoms with Crippen LogP contribution in [0.1, 0.15) is 57.1 Å². The van der Waals surface area contributed by atoms with Crippen LogP contribution in [0.3, 0.4) is 0 Å². The standard InChI is InChI=1S/C14H21N/c1-12(14-8-4-5-11-15-14)9-10-13-6-2-3-7-13/h4-5,8,11-13H,2-3,6-7,9-10H2,1H3. The predicted molar refractivity (Wildman–Crippen MR) is 63.8 cm³/mol. The van der Waals surface area contributed by atoms with E-state index in [1.807, 2.05) is 12.3 Å². The van der Waals surface area contributed by atoms with Crippen LogP contribution < -0.4 is 0 Å². The molecule has 1 fully saturated rings. The summed E-state index contributed by atoms with van der Waals surface area (Å²) in [5, 5.41) is 0. The Morgan fingerprint density at radius 2 is 2.13 bits per heavy atom. The average molecular weight is 203 g/mol. The molecule has 0 saturated heterocycles. The van der Waals surface area contributed by atoms with Crippen molar-refractivity contribution in [2.24, 2.45) is 5.92 Å². The molecule has 15 heavy (non-hydrogen) atoms. The van der Waals surface area contributed by atoms with Crippen LogP contribution in [0.2, 0.25) is 0 Å². The highest BCUT2D eigenvalue weighted by atomic mass is 14.7. The molecular formula is C14H21N.